The molecule has 2 rings (SSSR count). The number of guanidine groups is 1. The monoisotopic (exact) mass is 718 g/mol. The minimum Gasteiger partial charge on any atom is -0.508 e. The topological polar surface area (TPSA) is 293 Å². The molecule has 5 atom stereocenters. The molecule has 0 fully saturated rings. The number of aromatic amines is 1. The van der Waals surface area contributed by atoms with Crippen LogP contribution < -0.4 is 38.5 Å². The van der Waals surface area contributed by atoms with Crippen molar-refractivity contribution >= 4 is 47.3 Å². The number of amides is 4. The first-order valence-corrected chi connectivity index (χ1v) is 17.6. The minimum absolute atomic E-state index is 0.00284. The number of imidazole rings is 1. The number of aromatic hydroxyl groups is 1. The molecule has 0 aliphatic rings. The molecule has 4 amide bonds. The van der Waals surface area contributed by atoms with Gasteiger partial charge in [-0.25, -0.2) is 9.78 Å². The van der Waals surface area contributed by atoms with Crippen LogP contribution in [0.1, 0.15) is 50.8 Å². The predicted molar refractivity (Wildman–Crippen MR) is 190 cm³/mol. The number of nitrogens with two attached hydrogens (primary N) is 3. The number of benzene rings is 1. The van der Waals surface area contributed by atoms with Gasteiger partial charge in [0.2, 0.25) is 23.6 Å². The molecule has 2 aromatic rings. The number of aromatic nitrogens is 2. The lowest BCUT2D eigenvalue weighted by Crippen LogP contribution is -2.59. The van der Waals surface area contributed by atoms with E-state index in [9.17, 15) is 34.2 Å². The van der Waals surface area contributed by atoms with Crippen molar-refractivity contribution in [2.45, 2.75) is 82.6 Å². The zero-order chi connectivity index (χ0) is 37.2. The van der Waals surface area contributed by atoms with Gasteiger partial charge >= 0.3 is 5.97 Å². The number of phenolic OH excluding ortho intramolecular Hbond substituents is 1. The van der Waals surface area contributed by atoms with Crippen molar-refractivity contribution in [2.24, 2.45) is 28.1 Å². The molecule has 276 valence electrons. The zero-order valence-corrected chi connectivity index (χ0v) is 29.4. The summed E-state index contributed by atoms with van der Waals surface area (Å²) < 4.78 is 0. The number of aliphatic carboxylic acids is 1. The van der Waals surface area contributed by atoms with Gasteiger partial charge in [0.25, 0.3) is 0 Å². The standard InChI is InChI=1S/C32H50N10O7S/c1-18(2)13-24(29(46)42-26(31(48)49)15-20-16-36-17-38-20)40-30(47)25(14-19-6-8-21(43)9-7-19)41-28(45)23(5-4-11-37-32(34)35)39-27(44)22(33)10-12-50-3/h6-9,16-18,22-26,43H,4-5,10-15,33H2,1-3H3,(H,36,38)(H,39,44)(H,40,47)(H,41,45)(H,42,46)(H,48,49)(H4,34,35,37)/t22-,23-,24-,25-,26-/m0/s1. The van der Waals surface area contributed by atoms with E-state index in [1.807, 2.05) is 20.1 Å². The third-order valence-electron chi connectivity index (χ3n) is 7.49. The van der Waals surface area contributed by atoms with Gasteiger partial charge in [0.05, 0.1) is 12.4 Å². The fraction of sp³-hybridized carbons (Fsp3) is 0.531. The first-order valence-electron chi connectivity index (χ1n) is 16.2. The van der Waals surface area contributed by atoms with E-state index >= 15 is 0 Å². The molecular formula is C32H50N10O7S. The molecule has 18 heteroatoms. The smallest absolute Gasteiger partial charge is 0.326 e. The normalized spacial score (nSPS) is 14.0. The maximum atomic E-state index is 13.9. The molecule has 50 heavy (non-hydrogen) atoms. The third kappa shape index (κ3) is 15.1. The second-order valence-electron chi connectivity index (χ2n) is 12.2. The number of nitrogens with zero attached hydrogens (tertiary/aromatic N) is 2. The molecule has 13 N–H and O–H groups in total. The Bertz CT molecular complexity index is 1420. The van der Waals surface area contributed by atoms with Crippen molar-refractivity contribution in [2.75, 3.05) is 18.6 Å². The average Bonchev–Trinajstić information content (AvgIpc) is 3.57. The van der Waals surface area contributed by atoms with Crippen LogP contribution in [-0.4, -0.2) is 105 Å². The van der Waals surface area contributed by atoms with Gasteiger partial charge < -0.3 is 53.7 Å². The van der Waals surface area contributed by atoms with Gasteiger partial charge in [0.1, 0.15) is 29.9 Å². The SMILES string of the molecule is CSCC[C@H](N)C(=O)N[C@@H](CCCN=C(N)N)C(=O)N[C@@H](Cc1ccc(O)cc1)C(=O)N[C@@H](CC(C)C)C(=O)N[C@@H](Cc1cnc[nH]1)C(=O)O. The predicted octanol–water partition coefficient (Wildman–Crippen LogP) is -0.896. The van der Waals surface area contributed by atoms with Crippen LogP contribution in [0.4, 0.5) is 0 Å². The first-order chi connectivity index (χ1) is 23.7. The molecule has 0 unspecified atom stereocenters. The number of hydrogen-bond acceptors (Lipinski definition) is 10. The van der Waals surface area contributed by atoms with E-state index in [1.54, 1.807) is 12.1 Å². The fourth-order valence-electron chi connectivity index (χ4n) is 4.84. The zero-order valence-electron chi connectivity index (χ0n) is 28.6. The molecule has 1 aromatic carbocycles. The van der Waals surface area contributed by atoms with E-state index < -0.39 is 59.8 Å². The molecule has 0 bridgehead atoms. The molecule has 0 aliphatic carbocycles. The van der Waals surface area contributed by atoms with E-state index in [1.165, 1.54) is 36.4 Å². The highest BCUT2D eigenvalue weighted by atomic mass is 32.2. The first kappa shape index (κ1) is 41.3. The van der Waals surface area contributed by atoms with Crippen LogP contribution >= 0.6 is 11.8 Å². The van der Waals surface area contributed by atoms with Crippen LogP contribution in [0.15, 0.2) is 41.8 Å². The van der Waals surface area contributed by atoms with Gasteiger partial charge in [0.15, 0.2) is 5.96 Å². The number of carboxylic acids is 1. The summed E-state index contributed by atoms with van der Waals surface area (Å²) in [6, 6.07) is 0.300. The van der Waals surface area contributed by atoms with Crippen LogP contribution in [0.5, 0.6) is 5.75 Å². The van der Waals surface area contributed by atoms with E-state index in [0.717, 1.165) is 0 Å². The van der Waals surface area contributed by atoms with Gasteiger partial charge in [-0.2, -0.15) is 11.8 Å². The van der Waals surface area contributed by atoms with Crippen molar-refractivity contribution in [3.8, 4) is 5.75 Å². The van der Waals surface area contributed by atoms with Gasteiger partial charge in [-0.3, -0.25) is 24.2 Å². The van der Waals surface area contributed by atoms with E-state index in [2.05, 4.69) is 36.2 Å². The lowest BCUT2D eigenvalue weighted by Gasteiger charge is -2.27. The fourth-order valence-corrected chi connectivity index (χ4v) is 5.33. The summed E-state index contributed by atoms with van der Waals surface area (Å²) in [7, 11) is 0. The lowest BCUT2D eigenvalue weighted by atomic mass is 10.00. The van der Waals surface area contributed by atoms with Crippen molar-refractivity contribution in [1.82, 2.24) is 31.2 Å². The average molecular weight is 719 g/mol. The van der Waals surface area contributed by atoms with Gasteiger partial charge in [-0.05, 0) is 61.3 Å². The number of rotatable bonds is 22. The summed E-state index contributed by atoms with van der Waals surface area (Å²) in [4.78, 5) is 76.6. The highest BCUT2D eigenvalue weighted by Gasteiger charge is 2.32. The van der Waals surface area contributed by atoms with Crippen molar-refractivity contribution < 1.29 is 34.2 Å². The molecule has 1 aromatic heterocycles. The third-order valence-corrected chi connectivity index (χ3v) is 8.13. The van der Waals surface area contributed by atoms with Crippen LogP contribution in [0.2, 0.25) is 0 Å². The number of carbonyl (C=O) groups excluding carboxylic acids is 4. The number of hydrogen-bond donors (Lipinski definition) is 10. The summed E-state index contributed by atoms with van der Waals surface area (Å²) in [5.41, 5.74) is 18.0. The van der Waals surface area contributed by atoms with E-state index in [0.29, 0.717) is 29.9 Å². The maximum Gasteiger partial charge on any atom is 0.326 e. The van der Waals surface area contributed by atoms with Crippen LogP contribution in [0, 0.1) is 5.92 Å². The lowest BCUT2D eigenvalue weighted by molar-refractivity contribution is -0.142. The van der Waals surface area contributed by atoms with Crippen molar-refractivity contribution in [1.29, 1.82) is 0 Å². The summed E-state index contributed by atoms with van der Waals surface area (Å²) >= 11 is 1.52. The number of aliphatic imine (C=N–C) groups is 1. The summed E-state index contributed by atoms with van der Waals surface area (Å²) in [5, 5.41) is 30.1. The Morgan fingerprint density at radius 1 is 0.880 bits per heavy atom. The Labute approximate surface area is 295 Å². The maximum absolute atomic E-state index is 13.9. The summed E-state index contributed by atoms with van der Waals surface area (Å²) in [6.07, 6.45) is 5.56. The van der Waals surface area contributed by atoms with Crippen molar-refractivity contribution in [3.05, 3.63) is 48.0 Å². The number of thioether (sulfide) groups is 1. The molecule has 0 radical (unpaired) electrons. The molecule has 1 heterocycles. The van der Waals surface area contributed by atoms with E-state index in [4.69, 9.17) is 17.2 Å². The molecule has 17 nitrogen and oxygen atoms in total. The van der Waals surface area contributed by atoms with Gasteiger partial charge in [-0.15, -0.1) is 0 Å². The molecule has 0 saturated carbocycles. The molecule has 0 aliphatic heterocycles. The molecule has 0 saturated heterocycles. The number of H-pyrrole nitrogens is 1. The van der Waals surface area contributed by atoms with Crippen LogP contribution in [0.3, 0.4) is 0 Å². The minimum atomic E-state index is -1.31. The Morgan fingerprint density at radius 2 is 1.48 bits per heavy atom. The number of carbonyl (C=O) groups is 5. The molecular weight excluding hydrogens is 668 g/mol. The Kier molecular flexibility index (Phi) is 17.6. The second kappa shape index (κ2) is 21.3. The van der Waals surface area contributed by atoms with Gasteiger partial charge in [0, 0.05) is 31.3 Å². The number of nitrogens with one attached hydrogen (secondary N) is 5. The quantitative estimate of drug-likeness (QED) is 0.0403. The van der Waals surface area contributed by atoms with Crippen molar-refractivity contribution in [3.63, 3.8) is 0 Å². The number of carboxylic acid groups (broad SMARTS) is 1. The largest absolute Gasteiger partial charge is 0.508 e. The number of phenols is 1. The highest BCUT2D eigenvalue weighted by molar-refractivity contribution is 7.98. The summed E-state index contributed by atoms with van der Waals surface area (Å²) in [6.45, 7) is 3.85. The van der Waals surface area contributed by atoms with Crippen LogP contribution in [-0.2, 0) is 36.8 Å². The van der Waals surface area contributed by atoms with Crippen LogP contribution in [0.25, 0.3) is 0 Å². The molecule has 0 spiro atoms. The highest BCUT2D eigenvalue weighted by Crippen LogP contribution is 2.13. The van der Waals surface area contributed by atoms with Gasteiger partial charge in [-0.1, -0.05) is 26.0 Å². The second-order valence-corrected chi connectivity index (χ2v) is 13.2. The summed E-state index contributed by atoms with van der Waals surface area (Å²) in [5.74, 6) is -3.55. The Hall–Kier alpha value is -4.84. The Balaban J connectivity index is 2.34. The Morgan fingerprint density at radius 3 is 2.06 bits per heavy atom. The van der Waals surface area contributed by atoms with E-state index in [-0.39, 0.29) is 49.9 Å².